The lowest BCUT2D eigenvalue weighted by molar-refractivity contribution is 0.0694. The van der Waals surface area contributed by atoms with Crippen molar-refractivity contribution in [3.8, 4) is 5.75 Å². The van der Waals surface area contributed by atoms with Crippen molar-refractivity contribution in [3.05, 3.63) is 60.2 Å². The standard InChI is InChI=1S/C21H21N3O3/c1-3-24(4-2)16-11-9-15(10-12-16)22-23-19-17-8-6-5-7-14(17)13-18(20(19)25)21(26)27/h5-13,25H,3-4H2,1-2H3,(H,26,27). The number of phenols is 1. The van der Waals surface area contributed by atoms with Crippen molar-refractivity contribution in [2.24, 2.45) is 10.2 Å². The Hall–Kier alpha value is -3.41. The lowest BCUT2D eigenvalue weighted by Crippen LogP contribution is -2.21. The van der Waals surface area contributed by atoms with Gasteiger partial charge in [-0.2, -0.15) is 5.11 Å². The summed E-state index contributed by atoms with van der Waals surface area (Å²) in [4.78, 5) is 13.6. The molecule has 3 rings (SSSR count). The number of fused-ring (bicyclic) bond motifs is 1. The molecule has 0 unspecified atom stereocenters. The molecule has 0 aliphatic carbocycles. The van der Waals surface area contributed by atoms with Crippen LogP contribution in [0.1, 0.15) is 24.2 Å². The second-order valence-electron chi connectivity index (χ2n) is 6.04. The predicted octanol–water partition coefficient (Wildman–Crippen LogP) is 5.51. The lowest BCUT2D eigenvalue weighted by Gasteiger charge is -2.20. The lowest BCUT2D eigenvalue weighted by atomic mass is 10.0. The van der Waals surface area contributed by atoms with E-state index in [2.05, 4.69) is 29.0 Å². The van der Waals surface area contributed by atoms with Crippen molar-refractivity contribution in [1.82, 2.24) is 0 Å². The number of aromatic carboxylic acids is 1. The third kappa shape index (κ3) is 3.74. The molecule has 27 heavy (non-hydrogen) atoms. The monoisotopic (exact) mass is 363 g/mol. The van der Waals surface area contributed by atoms with Gasteiger partial charge in [0.25, 0.3) is 0 Å². The number of carboxylic acids is 1. The third-order valence-electron chi connectivity index (χ3n) is 4.47. The molecule has 2 N–H and O–H groups in total. The molecule has 138 valence electrons. The van der Waals surface area contributed by atoms with Gasteiger partial charge in [0.2, 0.25) is 0 Å². The van der Waals surface area contributed by atoms with Gasteiger partial charge in [0.15, 0.2) is 5.75 Å². The molecular formula is C21H21N3O3. The molecule has 0 saturated carbocycles. The molecular weight excluding hydrogens is 342 g/mol. The first kappa shape index (κ1) is 18.4. The zero-order valence-corrected chi connectivity index (χ0v) is 15.3. The summed E-state index contributed by atoms with van der Waals surface area (Å²) in [6.07, 6.45) is 0. The van der Waals surface area contributed by atoms with Crippen molar-refractivity contribution in [3.63, 3.8) is 0 Å². The van der Waals surface area contributed by atoms with Crippen LogP contribution in [0.15, 0.2) is 64.8 Å². The van der Waals surface area contributed by atoms with Gasteiger partial charge >= 0.3 is 5.97 Å². The number of rotatable bonds is 6. The molecule has 3 aromatic carbocycles. The SMILES string of the molecule is CCN(CC)c1ccc(N=Nc2c(O)c(C(=O)O)cc3ccccc23)cc1. The maximum Gasteiger partial charge on any atom is 0.339 e. The number of anilines is 1. The average molecular weight is 363 g/mol. The zero-order chi connectivity index (χ0) is 19.4. The van der Waals surface area contributed by atoms with Crippen molar-refractivity contribution in [2.45, 2.75) is 13.8 Å². The smallest absolute Gasteiger partial charge is 0.339 e. The Morgan fingerprint density at radius 2 is 1.67 bits per heavy atom. The first-order valence-electron chi connectivity index (χ1n) is 8.79. The molecule has 6 heteroatoms. The van der Waals surface area contributed by atoms with Gasteiger partial charge in [-0.15, -0.1) is 5.11 Å². The molecule has 0 amide bonds. The van der Waals surface area contributed by atoms with E-state index >= 15 is 0 Å². The molecule has 0 aromatic heterocycles. The maximum atomic E-state index is 11.4. The Morgan fingerprint density at radius 1 is 1.00 bits per heavy atom. The largest absolute Gasteiger partial charge is 0.505 e. The van der Waals surface area contributed by atoms with E-state index in [9.17, 15) is 15.0 Å². The Bertz CT molecular complexity index is 993. The molecule has 0 bridgehead atoms. The van der Waals surface area contributed by atoms with Gasteiger partial charge in [0.1, 0.15) is 11.3 Å². The quantitative estimate of drug-likeness (QED) is 0.566. The molecule has 0 atom stereocenters. The van der Waals surface area contributed by atoms with Gasteiger partial charge in [0.05, 0.1) is 5.69 Å². The maximum absolute atomic E-state index is 11.4. The minimum absolute atomic E-state index is 0.151. The van der Waals surface area contributed by atoms with Crippen LogP contribution < -0.4 is 4.90 Å². The molecule has 0 spiro atoms. The minimum atomic E-state index is -1.21. The summed E-state index contributed by atoms with van der Waals surface area (Å²) in [6.45, 7) is 6.03. The van der Waals surface area contributed by atoms with Crippen molar-refractivity contribution < 1.29 is 15.0 Å². The van der Waals surface area contributed by atoms with Crippen LogP contribution in [0.3, 0.4) is 0 Å². The highest BCUT2D eigenvalue weighted by Gasteiger charge is 2.17. The average Bonchev–Trinajstić information content (AvgIpc) is 2.68. The van der Waals surface area contributed by atoms with Crippen LogP contribution in [0.5, 0.6) is 5.75 Å². The van der Waals surface area contributed by atoms with Gasteiger partial charge in [-0.1, -0.05) is 24.3 Å². The van der Waals surface area contributed by atoms with Gasteiger partial charge in [-0.05, 0) is 49.6 Å². The summed E-state index contributed by atoms with van der Waals surface area (Å²) in [6, 6.07) is 16.2. The van der Waals surface area contributed by atoms with Crippen LogP contribution in [-0.2, 0) is 0 Å². The molecule has 0 radical (unpaired) electrons. The molecule has 0 aliphatic heterocycles. The molecule has 0 saturated heterocycles. The second-order valence-corrected chi connectivity index (χ2v) is 6.04. The minimum Gasteiger partial charge on any atom is -0.505 e. The number of carboxylic acid groups (broad SMARTS) is 1. The summed E-state index contributed by atoms with van der Waals surface area (Å²) in [5.41, 5.74) is 1.67. The van der Waals surface area contributed by atoms with Gasteiger partial charge in [-0.3, -0.25) is 0 Å². The summed E-state index contributed by atoms with van der Waals surface area (Å²) >= 11 is 0. The fraction of sp³-hybridized carbons (Fsp3) is 0.190. The normalized spacial score (nSPS) is 11.2. The summed E-state index contributed by atoms with van der Waals surface area (Å²) in [5, 5.41) is 29.4. The highest BCUT2D eigenvalue weighted by Crippen LogP contribution is 2.39. The van der Waals surface area contributed by atoms with Gasteiger partial charge in [-0.25, -0.2) is 4.79 Å². The zero-order valence-electron chi connectivity index (χ0n) is 15.3. The van der Waals surface area contributed by atoms with E-state index in [0.717, 1.165) is 18.8 Å². The fourth-order valence-electron chi connectivity index (χ4n) is 3.01. The molecule has 0 fully saturated rings. The predicted molar refractivity (Wildman–Crippen MR) is 107 cm³/mol. The van der Waals surface area contributed by atoms with Crippen LogP contribution >= 0.6 is 0 Å². The summed E-state index contributed by atoms with van der Waals surface area (Å²) < 4.78 is 0. The van der Waals surface area contributed by atoms with Crippen molar-refractivity contribution >= 4 is 33.8 Å². The number of aromatic hydroxyl groups is 1. The molecule has 0 heterocycles. The van der Waals surface area contributed by atoms with E-state index in [4.69, 9.17) is 0 Å². The van der Waals surface area contributed by atoms with Gasteiger partial charge < -0.3 is 15.1 Å². The number of hydrogen-bond donors (Lipinski definition) is 2. The number of azo groups is 1. The first-order valence-corrected chi connectivity index (χ1v) is 8.79. The van der Waals surface area contributed by atoms with Gasteiger partial charge in [0, 0.05) is 24.2 Å². The van der Waals surface area contributed by atoms with Crippen LogP contribution in [-0.4, -0.2) is 29.3 Å². The van der Waals surface area contributed by atoms with Crippen LogP contribution in [0, 0.1) is 0 Å². The number of hydrogen-bond acceptors (Lipinski definition) is 5. The molecule has 3 aromatic rings. The Labute approximate surface area is 157 Å². The van der Waals surface area contributed by atoms with Crippen molar-refractivity contribution in [2.75, 3.05) is 18.0 Å². The highest BCUT2D eigenvalue weighted by atomic mass is 16.4. The van der Waals surface area contributed by atoms with Crippen molar-refractivity contribution in [1.29, 1.82) is 0 Å². The number of nitrogens with zero attached hydrogens (tertiary/aromatic N) is 3. The topological polar surface area (TPSA) is 85.5 Å². The Morgan fingerprint density at radius 3 is 2.30 bits per heavy atom. The van der Waals surface area contributed by atoms with E-state index in [1.807, 2.05) is 24.3 Å². The third-order valence-corrected chi connectivity index (χ3v) is 4.47. The molecule has 0 aliphatic rings. The summed E-state index contributed by atoms with van der Waals surface area (Å²) in [7, 11) is 0. The Balaban J connectivity index is 2.01. The number of benzene rings is 3. The van der Waals surface area contributed by atoms with E-state index in [0.29, 0.717) is 16.5 Å². The van der Waals surface area contributed by atoms with Crippen LogP contribution in [0.4, 0.5) is 17.1 Å². The van der Waals surface area contributed by atoms with Crippen LogP contribution in [0.25, 0.3) is 10.8 Å². The molecule has 6 nitrogen and oxygen atoms in total. The number of carbonyl (C=O) groups is 1. The van der Waals surface area contributed by atoms with E-state index in [1.165, 1.54) is 6.07 Å². The van der Waals surface area contributed by atoms with E-state index in [1.54, 1.807) is 24.3 Å². The van der Waals surface area contributed by atoms with E-state index < -0.39 is 5.97 Å². The van der Waals surface area contributed by atoms with E-state index in [-0.39, 0.29) is 17.0 Å². The summed E-state index contributed by atoms with van der Waals surface area (Å²) in [5.74, 6) is -1.59. The second kappa shape index (κ2) is 7.86. The van der Waals surface area contributed by atoms with Crippen LogP contribution in [0.2, 0.25) is 0 Å². The highest BCUT2D eigenvalue weighted by molar-refractivity contribution is 6.04. The fourth-order valence-corrected chi connectivity index (χ4v) is 3.01. The first-order chi connectivity index (χ1) is 13.0. The Kier molecular flexibility index (Phi) is 5.35.